The number of unbranched alkanes of at least 4 members (excludes halogenated alkanes) is 1. The van der Waals surface area contributed by atoms with Crippen LogP contribution in [0.2, 0.25) is 0 Å². The highest BCUT2D eigenvalue weighted by Gasteiger charge is 2.07. The van der Waals surface area contributed by atoms with Gasteiger partial charge >= 0.3 is 12.2 Å². The fraction of sp³-hybridized carbons (Fsp3) is 0.778. The maximum atomic E-state index is 11.0. The third-order valence-corrected chi connectivity index (χ3v) is 1.65. The van der Waals surface area contributed by atoms with Crippen LogP contribution in [0.3, 0.4) is 0 Å². The van der Waals surface area contributed by atoms with Gasteiger partial charge in [-0.3, -0.25) is 0 Å². The summed E-state index contributed by atoms with van der Waals surface area (Å²) < 4.78 is 4.81. The molecule has 0 aliphatic heterocycles. The van der Waals surface area contributed by atoms with E-state index in [1.165, 1.54) is 0 Å². The van der Waals surface area contributed by atoms with Crippen molar-refractivity contribution in [1.29, 1.82) is 0 Å². The van der Waals surface area contributed by atoms with Crippen LogP contribution in [-0.4, -0.2) is 36.5 Å². The molecule has 0 radical (unpaired) electrons. The Morgan fingerprint density at radius 1 is 1.47 bits per heavy atom. The monoisotopic (exact) mass is 218 g/mol. The lowest BCUT2D eigenvalue weighted by Gasteiger charge is -2.12. The van der Waals surface area contributed by atoms with Gasteiger partial charge in [-0.2, -0.15) is 0 Å². The molecule has 3 N–H and O–H groups in total. The third kappa shape index (κ3) is 8.86. The van der Waals surface area contributed by atoms with E-state index in [4.69, 9.17) is 9.84 Å². The molecule has 15 heavy (non-hydrogen) atoms. The fourth-order valence-electron chi connectivity index (χ4n) is 0.858. The zero-order valence-electron chi connectivity index (χ0n) is 9.08. The molecule has 0 fully saturated rings. The van der Waals surface area contributed by atoms with Gasteiger partial charge < -0.3 is 20.5 Å². The smallest absolute Gasteiger partial charge is 0.407 e. The molecule has 88 valence electrons. The Morgan fingerprint density at radius 3 is 2.67 bits per heavy atom. The van der Waals surface area contributed by atoms with Crippen molar-refractivity contribution >= 4 is 12.2 Å². The van der Waals surface area contributed by atoms with Crippen LogP contribution in [0.5, 0.6) is 0 Å². The van der Waals surface area contributed by atoms with Crippen LogP contribution in [0, 0.1) is 0 Å². The highest BCUT2D eigenvalue weighted by atomic mass is 16.5. The average molecular weight is 218 g/mol. The van der Waals surface area contributed by atoms with E-state index in [-0.39, 0.29) is 12.6 Å². The number of carboxylic acid groups (broad SMARTS) is 1. The zero-order valence-corrected chi connectivity index (χ0v) is 9.08. The minimum absolute atomic E-state index is 0.220. The first-order valence-electron chi connectivity index (χ1n) is 4.96. The van der Waals surface area contributed by atoms with E-state index >= 15 is 0 Å². The summed E-state index contributed by atoms with van der Waals surface area (Å²) in [6.45, 7) is 4.26. The Morgan fingerprint density at radius 2 is 2.13 bits per heavy atom. The molecular formula is C9H18N2O4. The van der Waals surface area contributed by atoms with Crippen molar-refractivity contribution in [2.24, 2.45) is 0 Å². The highest BCUT2D eigenvalue weighted by molar-refractivity contribution is 5.67. The molecule has 0 bridgehead atoms. The van der Waals surface area contributed by atoms with Gasteiger partial charge in [-0.15, -0.1) is 0 Å². The summed E-state index contributed by atoms with van der Waals surface area (Å²) in [5, 5.41) is 13.0. The normalized spacial score (nSPS) is 11.6. The molecule has 6 nitrogen and oxygen atoms in total. The molecular weight excluding hydrogens is 200 g/mol. The molecule has 0 saturated heterocycles. The lowest BCUT2D eigenvalue weighted by Crippen LogP contribution is -2.41. The first-order valence-corrected chi connectivity index (χ1v) is 4.96. The Hall–Kier alpha value is -1.46. The van der Waals surface area contributed by atoms with Crippen molar-refractivity contribution < 1.29 is 19.4 Å². The van der Waals surface area contributed by atoms with Gasteiger partial charge in [0.1, 0.15) is 0 Å². The second-order valence-electron chi connectivity index (χ2n) is 3.22. The summed E-state index contributed by atoms with van der Waals surface area (Å²) >= 11 is 0. The molecule has 0 heterocycles. The van der Waals surface area contributed by atoms with Crippen molar-refractivity contribution in [2.75, 3.05) is 13.2 Å². The first kappa shape index (κ1) is 13.5. The predicted octanol–water partition coefficient (Wildman–Crippen LogP) is 1.17. The van der Waals surface area contributed by atoms with Crippen molar-refractivity contribution in [2.45, 2.75) is 32.7 Å². The molecule has 0 rings (SSSR count). The Kier molecular flexibility index (Phi) is 7.13. The number of rotatable bonds is 6. The maximum Gasteiger partial charge on any atom is 0.407 e. The van der Waals surface area contributed by atoms with Crippen LogP contribution < -0.4 is 10.6 Å². The van der Waals surface area contributed by atoms with Gasteiger partial charge in [0.25, 0.3) is 0 Å². The van der Waals surface area contributed by atoms with Crippen molar-refractivity contribution in [3.05, 3.63) is 0 Å². The van der Waals surface area contributed by atoms with Gasteiger partial charge in [-0.1, -0.05) is 13.3 Å². The average Bonchev–Trinajstić information content (AvgIpc) is 2.14. The lowest BCUT2D eigenvalue weighted by atomic mass is 10.3. The van der Waals surface area contributed by atoms with Crippen LogP contribution in [0.25, 0.3) is 0 Å². The minimum atomic E-state index is -1.11. The Labute approximate surface area is 89.0 Å². The van der Waals surface area contributed by atoms with Crippen LogP contribution in [-0.2, 0) is 4.74 Å². The molecule has 0 aromatic rings. The standard InChI is InChI=1S/C9H18N2O4/c1-3-4-5-15-9(14)10-6-7(2)11-8(12)13/h7,11H,3-6H2,1-2H3,(H,10,14)(H,12,13). The van der Waals surface area contributed by atoms with Crippen molar-refractivity contribution in [3.8, 4) is 0 Å². The number of ether oxygens (including phenoxy) is 1. The predicted molar refractivity (Wildman–Crippen MR) is 54.9 cm³/mol. The van der Waals surface area contributed by atoms with Gasteiger partial charge in [0.05, 0.1) is 6.61 Å². The second-order valence-corrected chi connectivity index (χ2v) is 3.22. The van der Waals surface area contributed by atoms with E-state index in [1.807, 2.05) is 6.92 Å². The quantitative estimate of drug-likeness (QED) is 0.584. The highest BCUT2D eigenvalue weighted by Crippen LogP contribution is 1.88. The van der Waals surface area contributed by atoms with Gasteiger partial charge in [0, 0.05) is 12.6 Å². The minimum Gasteiger partial charge on any atom is -0.465 e. The largest absolute Gasteiger partial charge is 0.465 e. The summed E-state index contributed by atoms with van der Waals surface area (Å²) in [6.07, 6.45) is 0.173. The van der Waals surface area contributed by atoms with Crippen LogP contribution in [0.4, 0.5) is 9.59 Å². The Balaban J connectivity index is 3.48. The number of amides is 2. The van der Waals surface area contributed by atoms with Gasteiger partial charge in [-0.25, -0.2) is 9.59 Å². The zero-order chi connectivity index (χ0) is 11.7. The van der Waals surface area contributed by atoms with Crippen LogP contribution in [0.1, 0.15) is 26.7 Å². The number of hydrogen-bond acceptors (Lipinski definition) is 3. The lowest BCUT2D eigenvalue weighted by molar-refractivity contribution is 0.143. The topological polar surface area (TPSA) is 87.7 Å². The van der Waals surface area contributed by atoms with E-state index in [2.05, 4.69) is 10.6 Å². The van der Waals surface area contributed by atoms with Crippen molar-refractivity contribution in [3.63, 3.8) is 0 Å². The third-order valence-electron chi connectivity index (χ3n) is 1.65. The molecule has 0 aliphatic rings. The molecule has 6 heteroatoms. The molecule has 0 spiro atoms. The van der Waals surface area contributed by atoms with Crippen LogP contribution in [0.15, 0.2) is 0 Å². The van der Waals surface area contributed by atoms with Gasteiger partial charge in [0.15, 0.2) is 0 Å². The molecule has 1 unspecified atom stereocenters. The molecule has 0 saturated carbocycles. The van der Waals surface area contributed by atoms with E-state index in [1.54, 1.807) is 6.92 Å². The van der Waals surface area contributed by atoms with Crippen molar-refractivity contribution in [1.82, 2.24) is 10.6 Å². The summed E-state index contributed by atoms with van der Waals surface area (Å²) in [4.78, 5) is 21.2. The first-order chi connectivity index (χ1) is 7.06. The number of nitrogens with one attached hydrogen (secondary N) is 2. The van der Waals surface area contributed by atoms with E-state index in [9.17, 15) is 9.59 Å². The van der Waals surface area contributed by atoms with Gasteiger partial charge in [-0.05, 0) is 13.3 Å². The molecule has 0 aliphatic carbocycles. The van der Waals surface area contributed by atoms with E-state index in [0.29, 0.717) is 6.61 Å². The van der Waals surface area contributed by atoms with Gasteiger partial charge in [0.2, 0.25) is 0 Å². The summed E-state index contributed by atoms with van der Waals surface area (Å²) in [5.74, 6) is 0. The number of hydrogen-bond donors (Lipinski definition) is 3. The maximum absolute atomic E-state index is 11.0. The second kappa shape index (κ2) is 7.90. The number of alkyl carbamates (subject to hydrolysis) is 1. The summed E-state index contributed by atoms with van der Waals surface area (Å²) in [6, 6.07) is -0.332. The van der Waals surface area contributed by atoms with E-state index in [0.717, 1.165) is 12.8 Å². The summed E-state index contributed by atoms with van der Waals surface area (Å²) in [5.41, 5.74) is 0. The molecule has 0 aromatic carbocycles. The van der Waals surface area contributed by atoms with E-state index < -0.39 is 12.2 Å². The van der Waals surface area contributed by atoms with Crippen LogP contribution >= 0.6 is 0 Å². The molecule has 0 aromatic heterocycles. The number of carbonyl (C=O) groups is 2. The Bertz CT molecular complexity index is 208. The fourth-order valence-corrected chi connectivity index (χ4v) is 0.858. The SMILES string of the molecule is CCCCOC(=O)NCC(C)NC(=O)O. The summed E-state index contributed by atoms with van der Waals surface area (Å²) in [7, 11) is 0. The number of carbonyl (C=O) groups excluding carboxylic acids is 1. The molecule has 1 atom stereocenters. The molecule has 2 amide bonds.